The van der Waals surface area contributed by atoms with Crippen LogP contribution in [0.5, 0.6) is 0 Å². The van der Waals surface area contributed by atoms with Gasteiger partial charge in [-0.15, -0.1) is 0 Å². The van der Waals surface area contributed by atoms with Gasteiger partial charge in [-0.3, -0.25) is 4.79 Å². The zero-order chi connectivity index (χ0) is 14.6. The summed E-state index contributed by atoms with van der Waals surface area (Å²) in [5.74, 6) is -0.0112. The summed E-state index contributed by atoms with van der Waals surface area (Å²) >= 11 is 0. The highest BCUT2D eigenvalue weighted by Crippen LogP contribution is 2.19. The molecule has 0 bridgehead atoms. The van der Waals surface area contributed by atoms with Gasteiger partial charge in [-0.1, -0.05) is 56.3 Å². The van der Waals surface area contributed by atoms with Crippen LogP contribution >= 0.6 is 0 Å². The maximum absolute atomic E-state index is 12.0. The summed E-state index contributed by atoms with van der Waals surface area (Å²) in [6.07, 6.45) is 0.364. The Labute approximate surface area is 119 Å². The third kappa shape index (κ3) is 3.58. The molecule has 0 aliphatic carbocycles. The molecular weight excluding hydrogens is 250 g/mol. The zero-order valence-electron chi connectivity index (χ0n) is 12.0. The molecule has 0 atom stereocenters. The van der Waals surface area contributed by atoms with Gasteiger partial charge in [-0.25, -0.2) is 0 Å². The molecule has 0 heterocycles. The molecule has 0 aliphatic rings. The van der Waals surface area contributed by atoms with Gasteiger partial charge in [0.05, 0.1) is 6.42 Å². The fraction of sp³-hybridized carbons (Fsp3) is 0.353. The maximum Gasteiger partial charge on any atom is 0.224 e. The third-order valence-electron chi connectivity index (χ3n) is 3.42. The van der Waals surface area contributed by atoms with Gasteiger partial charge in [0.25, 0.3) is 0 Å². The molecule has 0 saturated heterocycles. The van der Waals surface area contributed by atoms with Crippen LogP contribution in [0.2, 0.25) is 0 Å². The van der Waals surface area contributed by atoms with Crippen molar-refractivity contribution in [3.05, 3.63) is 48.0 Å². The van der Waals surface area contributed by atoms with Gasteiger partial charge in [-0.2, -0.15) is 0 Å². The Hall–Kier alpha value is -1.87. The number of amides is 1. The van der Waals surface area contributed by atoms with E-state index < -0.39 is 0 Å². The number of aliphatic hydroxyl groups is 1. The number of benzene rings is 2. The van der Waals surface area contributed by atoms with Gasteiger partial charge in [0.2, 0.25) is 5.91 Å². The Balaban J connectivity index is 2.07. The number of aliphatic hydroxyl groups excluding tert-OH is 1. The van der Waals surface area contributed by atoms with Crippen molar-refractivity contribution in [1.82, 2.24) is 5.32 Å². The van der Waals surface area contributed by atoms with Crippen molar-refractivity contribution in [2.24, 2.45) is 5.41 Å². The minimum Gasteiger partial charge on any atom is -0.396 e. The first kappa shape index (κ1) is 14.5. The van der Waals surface area contributed by atoms with Gasteiger partial charge in [-0.05, 0) is 16.3 Å². The largest absolute Gasteiger partial charge is 0.396 e. The number of carbonyl (C=O) groups excluding carboxylic acids is 1. The lowest BCUT2D eigenvalue weighted by Gasteiger charge is -2.21. The normalized spacial score (nSPS) is 11.6. The standard InChI is InChI=1S/C17H21NO2/c1-17(2,12-19)11-18-16(20)10-14-8-5-7-13-6-3-4-9-15(13)14/h3-9,19H,10-12H2,1-2H3,(H,18,20). The molecular formula is C17H21NO2. The highest BCUT2D eigenvalue weighted by molar-refractivity contribution is 5.90. The summed E-state index contributed by atoms with van der Waals surface area (Å²) in [5, 5.41) is 14.3. The zero-order valence-corrected chi connectivity index (χ0v) is 12.0. The monoisotopic (exact) mass is 271 g/mol. The number of nitrogens with one attached hydrogen (secondary N) is 1. The van der Waals surface area contributed by atoms with E-state index in [9.17, 15) is 9.90 Å². The average molecular weight is 271 g/mol. The van der Waals surface area contributed by atoms with Crippen molar-refractivity contribution in [3.8, 4) is 0 Å². The summed E-state index contributed by atoms with van der Waals surface area (Å²) in [5.41, 5.74) is 0.747. The minimum absolute atomic E-state index is 0.0112. The lowest BCUT2D eigenvalue weighted by Crippen LogP contribution is -2.36. The Kier molecular flexibility index (Phi) is 4.40. The second-order valence-corrected chi connectivity index (χ2v) is 5.91. The Morgan fingerprint density at radius 1 is 1.15 bits per heavy atom. The third-order valence-corrected chi connectivity index (χ3v) is 3.42. The SMILES string of the molecule is CC(C)(CO)CNC(=O)Cc1cccc2ccccc12. The van der Waals surface area contributed by atoms with Crippen LogP contribution in [-0.2, 0) is 11.2 Å². The Bertz CT molecular complexity index is 599. The topological polar surface area (TPSA) is 49.3 Å². The molecule has 2 aromatic carbocycles. The van der Waals surface area contributed by atoms with E-state index >= 15 is 0 Å². The maximum atomic E-state index is 12.0. The van der Waals surface area contributed by atoms with E-state index in [1.165, 1.54) is 0 Å². The van der Waals surface area contributed by atoms with Gasteiger partial charge in [0, 0.05) is 18.6 Å². The van der Waals surface area contributed by atoms with Crippen LogP contribution in [0.4, 0.5) is 0 Å². The van der Waals surface area contributed by atoms with E-state index in [-0.39, 0.29) is 17.9 Å². The highest BCUT2D eigenvalue weighted by Gasteiger charge is 2.17. The molecule has 106 valence electrons. The van der Waals surface area contributed by atoms with Crippen molar-refractivity contribution < 1.29 is 9.90 Å². The summed E-state index contributed by atoms with van der Waals surface area (Å²) < 4.78 is 0. The molecule has 0 unspecified atom stereocenters. The van der Waals surface area contributed by atoms with Crippen molar-refractivity contribution in [1.29, 1.82) is 0 Å². The quantitative estimate of drug-likeness (QED) is 0.878. The second kappa shape index (κ2) is 6.06. The average Bonchev–Trinajstić information content (AvgIpc) is 2.46. The van der Waals surface area contributed by atoms with Crippen molar-refractivity contribution in [2.45, 2.75) is 20.3 Å². The van der Waals surface area contributed by atoms with Crippen LogP contribution < -0.4 is 5.32 Å². The van der Waals surface area contributed by atoms with Crippen LogP contribution in [0.3, 0.4) is 0 Å². The minimum atomic E-state index is -0.283. The second-order valence-electron chi connectivity index (χ2n) is 5.91. The molecule has 0 spiro atoms. The van der Waals surface area contributed by atoms with E-state index in [0.29, 0.717) is 13.0 Å². The first-order valence-corrected chi connectivity index (χ1v) is 6.86. The van der Waals surface area contributed by atoms with Gasteiger partial charge in [0.15, 0.2) is 0 Å². The van der Waals surface area contributed by atoms with E-state index in [4.69, 9.17) is 0 Å². The number of fused-ring (bicyclic) bond motifs is 1. The molecule has 1 amide bonds. The molecule has 3 nitrogen and oxygen atoms in total. The van der Waals surface area contributed by atoms with E-state index in [1.807, 2.05) is 56.3 Å². The van der Waals surface area contributed by atoms with Gasteiger partial charge < -0.3 is 10.4 Å². The lowest BCUT2D eigenvalue weighted by molar-refractivity contribution is -0.120. The van der Waals surface area contributed by atoms with E-state index in [0.717, 1.165) is 16.3 Å². The first-order valence-electron chi connectivity index (χ1n) is 6.86. The molecule has 0 fully saturated rings. The smallest absolute Gasteiger partial charge is 0.224 e. The van der Waals surface area contributed by atoms with Crippen molar-refractivity contribution in [2.75, 3.05) is 13.2 Å². The molecule has 20 heavy (non-hydrogen) atoms. The molecule has 0 saturated carbocycles. The molecule has 0 aromatic heterocycles. The number of hydrogen-bond acceptors (Lipinski definition) is 2. The molecule has 2 N–H and O–H groups in total. The predicted molar refractivity (Wildman–Crippen MR) is 81.5 cm³/mol. The molecule has 3 heteroatoms. The van der Waals surface area contributed by atoms with Gasteiger partial charge >= 0.3 is 0 Å². The number of hydrogen-bond donors (Lipinski definition) is 2. The fourth-order valence-corrected chi connectivity index (χ4v) is 2.08. The summed E-state index contributed by atoms with van der Waals surface area (Å²) in [6.45, 7) is 4.38. The van der Waals surface area contributed by atoms with Crippen molar-refractivity contribution >= 4 is 16.7 Å². The summed E-state index contributed by atoms with van der Waals surface area (Å²) in [6, 6.07) is 14.1. The Morgan fingerprint density at radius 3 is 2.60 bits per heavy atom. The number of rotatable bonds is 5. The predicted octanol–water partition coefficient (Wildman–Crippen LogP) is 2.52. The van der Waals surface area contributed by atoms with Crippen LogP contribution in [0.15, 0.2) is 42.5 Å². The summed E-state index contributed by atoms with van der Waals surface area (Å²) in [7, 11) is 0. The Morgan fingerprint density at radius 2 is 1.85 bits per heavy atom. The van der Waals surface area contributed by atoms with Crippen LogP contribution in [0.25, 0.3) is 10.8 Å². The highest BCUT2D eigenvalue weighted by atomic mass is 16.3. The first-order chi connectivity index (χ1) is 9.52. The van der Waals surface area contributed by atoms with Crippen LogP contribution in [0, 0.1) is 5.41 Å². The van der Waals surface area contributed by atoms with Crippen LogP contribution in [0.1, 0.15) is 19.4 Å². The van der Waals surface area contributed by atoms with E-state index in [2.05, 4.69) is 5.32 Å². The molecule has 0 aliphatic heterocycles. The molecule has 2 rings (SSSR count). The molecule has 2 aromatic rings. The van der Waals surface area contributed by atoms with Gasteiger partial charge in [0.1, 0.15) is 0 Å². The lowest BCUT2D eigenvalue weighted by atomic mass is 9.95. The number of carbonyl (C=O) groups is 1. The fourth-order valence-electron chi connectivity index (χ4n) is 2.08. The van der Waals surface area contributed by atoms with Crippen LogP contribution in [-0.4, -0.2) is 24.2 Å². The molecule has 0 radical (unpaired) electrons. The van der Waals surface area contributed by atoms with E-state index in [1.54, 1.807) is 0 Å². The summed E-state index contributed by atoms with van der Waals surface area (Å²) in [4.78, 5) is 12.0. The van der Waals surface area contributed by atoms with Crippen molar-refractivity contribution in [3.63, 3.8) is 0 Å².